The first-order valence-electron chi connectivity index (χ1n) is 7.13. The van der Waals surface area contributed by atoms with Crippen molar-refractivity contribution in [3.8, 4) is 0 Å². The van der Waals surface area contributed by atoms with Gasteiger partial charge in [-0.25, -0.2) is 9.97 Å². The van der Waals surface area contributed by atoms with Crippen LogP contribution in [0, 0.1) is 0 Å². The molecule has 1 N–H and O–H groups in total. The van der Waals surface area contributed by atoms with Gasteiger partial charge in [-0.2, -0.15) is 0 Å². The molecular weight excluding hydrogens is 256 g/mol. The number of nitrogens with one attached hydrogen (secondary N) is 1. The highest BCUT2D eigenvalue weighted by atomic mass is 16.5. The molecule has 0 spiro atoms. The van der Waals surface area contributed by atoms with E-state index >= 15 is 0 Å². The number of carbonyl (C=O) groups is 1. The number of likely N-dealkylation sites (N-methyl/N-ethyl adjacent to an activating group) is 1. The summed E-state index contributed by atoms with van der Waals surface area (Å²) in [4.78, 5) is 22.2. The summed E-state index contributed by atoms with van der Waals surface area (Å²) in [5, 5.41) is 3.05. The van der Waals surface area contributed by atoms with Crippen molar-refractivity contribution in [1.29, 1.82) is 0 Å². The van der Waals surface area contributed by atoms with Crippen molar-refractivity contribution in [3.63, 3.8) is 0 Å². The molecule has 1 aromatic rings. The molecule has 1 fully saturated rings. The number of hydrogen-bond acceptors (Lipinski definition) is 5. The molecule has 0 aliphatic carbocycles. The van der Waals surface area contributed by atoms with Gasteiger partial charge in [0.1, 0.15) is 11.5 Å². The van der Waals surface area contributed by atoms with Gasteiger partial charge in [0.05, 0.1) is 18.5 Å². The molecule has 2 rings (SSSR count). The lowest BCUT2D eigenvalue weighted by Gasteiger charge is -2.27. The minimum atomic E-state index is -0.116. The molecule has 1 unspecified atom stereocenters. The zero-order valence-corrected chi connectivity index (χ0v) is 12.1. The highest BCUT2D eigenvalue weighted by molar-refractivity contribution is 5.91. The van der Waals surface area contributed by atoms with Crippen molar-refractivity contribution in [2.24, 2.45) is 0 Å². The van der Waals surface area contributed by atoms with E-state index in [-0.39, 0.29) is 12.0 Å². The number of ether oxygens (including phenoxy) is 1. The van der Waals surface area contributed by atoms with Gasteiger partial charge in [0, 0.05) is 26.7 Å². The van der Waals surface area contributed by atoms with Crippen molar-refractivity contribution in [2.45, 2.75) is 32.3 Å². The lowest BCUT2D eigenvalue weighted by molar-refractivity contribution is -0.000298. The third-order valence-electron chi connectivity index (χ3n) is 3.33. The largest absolute Gasteiger partial charge is 0.376 e. The van der Waals surface area contributed by atoms with Crippen molar-refractivity contribution in [2.75, 3.05) is 32.1 Å². The molecule has 6 heteroatoms. The molecule has 0 aromatic carbocycles. The molecule has 0 radical (unpaired) electrons. The van der Waals surface area contributed by atoms with Gasteiger partial charge in [-0.15, -0.1) is 0 Å². The van der Waals surface area contributed by atoms with Gasteiger partial charge >= 0.3 is 0 Å². The molecule has 1 aliphatic heterocycles. The summed E-state index contributed by atoms with van der Waals surface area (Å²) in [6.45, 7) is 4.17. The zero-order valence-electron chi connectivity index (χ0n) is 12.1. The second-order valence-corrected chi connectivity index (χ2v) is 4.99. The summed E-state index contributed by atoms with van der Waals surface area (Å²) in [6.07, 6.45) is 6.55. The summed E-state index contributed by atoms with van der Waals surface area (Å²) in [5.74, 6) is 0.567. The second-order valence-electron chi connectivity index (χ2n) is 4.99. The van der Waals surface area contributed by atoms with Crippen molar-refractivity contribution in [1.82, 2.24) is 14.9 Å². The van der Waals surface area contributed by atoms with E-state index in [0.29, 0.717) is 18.1 Å². The van der Waals surface area contributed by atoms with Crippen LogP contribution in [0.3, 0.4) is 0 Å². The number of amides is 1. The summed E-state index contributed by atoms with van der Waals surface area (Å²) < 4.78 is 5.65. The van der Waals surface area contributed by atoms with Crippen LogP contribution in [0.5, 0.6) is 0 Å². The van der Waals surface area contributed by atoms with E-state index in [4.69, 9.17) is 4.74 Å². The fourth-order valence-corrected chi connectivity index (χ4v) is 2.25. The van der Waals surface area contributed by atoms with Gasteiger partial charge in [-0.05, 0) is 26.2 Å². The monoisotopic (exact) mass is 278 g/mol. The minimum Gasteiger partial charge on any atom is -0.376 e. The number of anilines is 1. The molecule has 0 saturated carbocycles. The molecule has 0 bridgehead atoms. The van der Waals surface area contributed by atoms with E-state index in [9.17, 15) is 4.79 Å². The van der Waals surface area contributed by atoms with Crippen LogP contribution in [0.4, 0.5) is 5.82 Å². The van der Waals surface area contributed by atoms with Crippen LogP contribution in [0.25, 0.3) is 0 Å². The van der Waals surface area contributed by atoms with E-state index < -0.39 is 0 Å². The van der Waals surface area contributed by atoms with Crippen LogP contribution in [0.2, 0.25) is 0 Å². The van der Waals surface area contributed by atoms with Crippen molar-refractivity contribution >= 4 is 11.7 Å². The number of carbonyl (C=O) groups excluding carboxylic acids is 1. The SMILES string of the molecule is CCNc1cnc(C(=O)N(C)CC2CCCCO2)cn1. The first-order chi connectivity index (χ1) is 9.70. The Morgan fingerprint density at radius 3 is 2.90 bits per heavy atom. The van der Waals surface area contributed by atoms with Crippen LogP contribution in [0.1, 0.15) is 36.7 Å². The predicted molar refractivity (Wildman–Crippen MR) is 76.7 cm³/mol. The molecule has 1 aromatic heterocycles. The van der Waals surface area contributed by atoms with E-state index in [2.05, 4.69) is 15.3 Å². The Bertz CT molecular complexity index is 429. The normalized spacial score (nSPS) is 18.6. The van der Waals surface area contributed by atoms with Crippen molar-refractivity contribution in [3.05, 3.63) is 18.1 Å². The van der Waals surface area contributed by atoms with Gasteiger partial charge in [0.15, 0.2) is 0 Å². The maximum atomic E-state index is 12.2. The maximum Gasteiger partial charge on any atom is 0.273 e. The smallest absolute Gasteiger partial charge is 0.273 e. The Morgan fingerprint density at radius 2 is 2.30 bits per heavy atom. The average Bonchev–Trinajstić information content (AvgIpc) is 2.48. The Balaban J connectivity index is 1.91. The van der Waals surface area contributed by atoms with Crippen LogP contribution >= 0.6 is 0 Å². The molecule has 1 aliphatic rings. The fraction of sp³-hybridized carbons (Fsp3) is 0.643. The first-order valence-corrected chi connectivity index (χ1v) is 7.13. The van der Waals surface area contributed by atoms with Crippen LogP contribution in [-0.2, 0) is 4.74 Å². The number of rotatable bonds is 5. The highest BCUT2D eigenvalue weighted by Crippen LogP contribution is 2.14. The highest BCUT2D eigenvalue weighted by Gasteiger charge is 2.20. The maximum absolute atomic E-state index is 12.2. The van der Waals surface area contributed by atoms with Crippen LogP contribution < -0.4 is 5.32 Å². The van der Waals surface area contributed by atoms with E-state index in [1.807, 2.05) is 6.92 Å². The average molecular weight is 278 g/mol. The molecule has 2 heterocycles. The quantitative estimate of drug-likeness (QED) is 0.885. The number of aromatic nitrogens is 2. The lowest BCUT2D eigenvalue weighted by atomic mass is 10.1. The Kier molecular flexibility index (Phi) is 5.29. The third-order valence-corrected chi connectivity index (χ3v) is 3.33. The van der Waals surface area contributed by atoms with Crippen LogP contribution in [-0.4, -0.2) is 53.6 Å². The Morgan fingerprint density at radius 1 is 1.45 bits per heavy atom. The van der Waals surface area contributed by atoms with E-state index in [0.717, 1.165) is 26.0 Å². The van der Waals surface area contributed by atoms with Crippen molar-refractivity contribution < 1.29 is 9.53 Å². The molecule has 1 saturated heterocycles. The summed E-state index contributed by atoms with van der Waals surface area (Å²) in [6, 6.07) is 0. The van der Waals surface area contributed by atoms with Gasteiger partial charge in [-0.3, -0.25) is 4.79 Å². The molecular formula is C14H22N4O2. The molecule has 110 valence electrons. The summed E-state index contributed by atoms with van der Waals surface area (Å²) in [7, 11) is 1.78. The number of hydrogen-bond donors (Lipinski definition) is 1. The summed E-state index contributed by atoms with van der Waals surface area (Å²) >= 11 is 0. The van der Waals surface area contributed by atoms with Crippen LogP contribution in [0.15, 0.2) is 12.4 Å². The lowest BCUT2D eigenvalue weighted by Crippen LogP contribution is -2.37. The zero-order chi connectivity index (χ0) is 14.4. The van der Waals surface area contributed by atoms with Gasteiger partial charge in [0.2, 0.25) is 0 Å². The van der Waals surface area contributed by atoms with Gasteiger partial charge < -0.3 is 15.0 Å². The van der Waals surface area contributed by atoms with E-state index in [1.54, 1.807) is 18.1 Å². The second kappa shape index (κ2) is 7.19. The molecule has 1 amide bonds. The number of nitrogens with zero attached hydrogens (tertiary/aromatic N) is 3. The molecule has 1 atom stereocenters. The Labute approximate surface area is 119 Å². The Hall–Kier alpha value is -1.69. The topological polar surface area (TPSA) is 67.4 Å². The fourth-order valence-electron chi connectivity index (χ4n) is 2.25. The first kappa shape index (κ1) is 14.7. The summed E-state index contributed by atoms with van der Waals surface area (Å²) in [5.41, 5.74) is 0.366. The third kappa shape index (κ3) is 3.90. The molecule has 20 heavy (non-hydrogen) atoms. The van der Waals surface area contributed by atoms with Gasteiger partial charge in [0.25, 0.3) is 5.91 Å². The van der Waals surface area contributed by atoms with E-state index in [1.165, 1.54) is 12.6 Å². The predicted octanol–water partition coefficient (Wildman–Crippen LogP) is 1.55. The standard InChI is InChI=1S/C14H22N4O2/c1-3-15-13-9-16-12(8-17-13)14(19)18(2)10-11-6-4-5-7-20-11/h8-9,11H,3-7,10H2,1-2H3,(H,15,17). The van der Waals surface area contributed by atoms with Gasteiger partial charge in [-0.1, -0.05) is 0 Å². The minimum absolute atomic E-state index is 0.116. The molecule has 6 nitrogen and oxygen atoms in total.